The van der Waals surface area contributed by atoms with Crippen molar-refractivity contribution in [1.82, 2.24) is 4.90 Å². The first-order valence-corrected chi connectivity index (χ1v) is 8.14. The van der Waals surface area contributed by atoms with Crippen LogP contribution in [0.2, 0.25) is 0 Å². The van der Waals surface area contributed by atoms with Crippen LogP contribution < -0.4 is 5.32 Å². The van der Waals surface area contributed by atoms with Crippen LogP contribution in [0.15, 0.2) is 24.3 Å². The van der Waals surface area contributed by atoms with Gasteiger partial charge in [0.1, 0.15) is 0 Å². The Hall–Kier alpha value is -1.02. The molecule has 0 bridgehead atoms. The molecule has 0 unspecified atom stereocenters. The monoisotopic (exact) mass is 274 g/mol. The summed E-state index contributed by atoms with van der Waals surface area (Å²) in [5, 5.41) is 3.78. The highest BCUT2D eigenvalue weighted by molar-refractivity contribution is 5.53. The van der Waals surface area contributed by atoms with Crippen LogP contribution in [0, 0.1) is 5.92 Å². The second kappa shape index (κ2) is 7.12. The van der Waals surface area contributed by atoms with E-state index in [1.165, 1.54) is 43.7 Å². The fraction of sp³-hybridized carbons (Fsp3) is 0.667. The summed E-state index contributed by atoms with van der Waals surface area (Å²) >= 11 is 0. The highest BCUT2D eigenvalue weighted by atomic mass is 15.1. The molecule has 0 amide bonds. The van der Waals surface area contributed by atoms with Crippen molar-refractivity contribution >= 4 is 5.69 Å². The normalized spacial score (nSPS) is 17.9. The minimum absolute atomic E-state index is 0.583. The molecule has 0 aliphatic carbocycles. The topological polar surface area (TPSA) is 15.3 Å². The maximum Gasteiger partial charge on any atom is 0.0377 e. The molecule has 20 heavy (non-hydrogen) atoms. The molecule has 1 aliphatic heterocycles. The number of likely N-dealkylation sites (tertiary alicyclic amines) is 1. The number of hydrogen-bond acceptors (Lipinski definition) is 2. The first kappa shape index (κ1) is 15.4. The Bertz CT molecular complexity index is 404. The number of nitrogens with zero attached hydrogens (tertiary/aromatic N) is 1. The molecule has 1 aromatic rings. The molecule has 0 aromatic heterocycles. The number of rotatable bonds is 5. The van der Waals surface area contributed by atoms with Crippen molar-refractivity contribution in [3.05, 3.63) is 29.8 Å². The Balaban J connectivity index is 1.90. The van der Waals surface area contributed by atoms with Crippen LogP contribution in [0.1, 0.15) is 52.0 Å². The molecule has 1 N–H and O–H groups in total. The Morgan fingerprint density at radius 2 is 1.75 bits per heavy atom. The van der Waals surface area contributed by atoms with Gasteiger partial charge in [0.2, 0.25) is 0 Å². The molecule has 2 heteroatoms. The summed E-state index contributed by atoms with van der Waals surface area (Å²) in [6, 6.07) is 9.41. The van der Waals surface area contributed by atoms with Gasteiger partial charge in [-0.05, 0) is 36.3 Å². The van der Waals surface area contributed by atoms with Gasteiger partial charge in [-0.1, -0.05) is 45.9 Å². The van der Waals surface area contributed by atoms with Crippen LogP contribution in [-0.4, -0.2) is 30.6 Å². The van der Waals surface area contributed by atoms with Crippen molar-refractivity contribution in [1.29, 1.82) is 0 Å². The molecule has 0 spiro atoms. The van der Waals surface area contributed by atoms with Gasteiger partial charge in [0.15, 0.2) is 0 Å². The summed E-state index contributed by atoms with van der Waals surface area (Å²) in [6.07, 6.45) is 2.53. The van der Waals surface area contributed by atoms with E-state index < -0.39 is 0 Å². The van der Waals surface area contributed by atoms with Crippen molar-refractivity contribution in [3.8, 4) is 0 Å². The fourth-order valence-electron chi connectivity index (χ4n) is 3.13. The zero-order valence-electron chi connectivity index (χ0n) is 13.5. The molecule has 1 saturated heterocycles. The Morgan fingerprint density at radius 3 is 2.35 bits per heavy atom. The molecule has 0 saturated carbocycles. The standard InChI is InChI=1S/C18H30N2/c1-14(2)13-20-11-9-16(10-12-20)19-18-8-6-5-7-17(18)15(3)4/h5-8,14-16,19H,9-13H2,1-4H3. The molecule has 112 valence electrons. The molecule has 1 fully saturated rings. The molecule has 1 heterocycles. The molecule has 0 atom stereocenters. The van der Waals surface area contributed by atoms with Crippen LogP contribution in [0.5, 0.6) is 0 Å². The third kappa shape index (κ3) is 4.24. The first-order valence-electron chi connectivity index (χ1n) is 8.14. The van der Waals surface area contributed by atoms with Gasteiger partial charge in [0.25, 0.3) is 0 Å². The van der Waals surface area contributed by atoms with Gasteiger partial charge in [0, 0.05) is 31.4 Å². The first-order chi connectivity index (χ1) is 9.56. The SMILES string of the molecule is CC(C)CN1CCC(Nc2ccccc2C(C)C)CC1. The third-order valence-corrected chi connectivity index (χ3v) is 4.15. The second-order valence-electron chi connectivity index (χ2n) is 6.86. The van der Waals surface area contributed by atoms with Crippen molar-refractivity contribution in [3.63, 3.8) is 0 Å². The van der Waals surface area contributed by atoms with Gasteiger partial charge in [0.05, 0.1) is 0 Å². The van der Waals surface area contributed by atoms with Crippen LogP contribution in [-0.2, 0) is 0 Å². The number of hydrogen-bond donors (Lipinski definition) is 1. The van der Waals surface area contributed by atoms with Crippen LogP contribution in [0.4, 0.5) is 5.69 Å². The quantitative estimate of drug-likeness (QED) is 0.859. The van der Waals surface area contributed by atoms with Gasteiger partial charge >= 0.3 is 0 Å². The highest BCUT2D eigenvalue weighted by Gasteiger charge is 2.20. The van der Waals surface area contributed by atoms with Gasteiger partial charge in [-0.3, -0.25) is 0 Å². The van der Waals surface area contributed by atoms with Gasteiger partial charge in [-0.15, -0.1) is 0 Å². The molecular formula is C18H30N2. The van der Waals surface area contributed by atoms with Crippen molar-refractivity contribution in [2.24, 2.45) is 5.92 Å². The Kier molecular flexibility index (Phi) is 5.47. The van der Waals surface area contributed by atoms with Crippen LogP contribution >= 0.6 is 0 Å². The van der Waals surface area contributed by atoms with E-state index in [2.05, 4.69) is 62.2 Å². The number of nitrogens with one attached hydrogen (secondary N) is 1. The number of benzene rings is 1. The predicted molar refractivity (Wildman–Crippen MR) is 88.5 cm³/mol. The number of anilines is 1. The van der Waals surface area contributed by atoms with Gasteiger partial charge in [-0.25, -0.2) is 0 Å². The van der Waals surface area contributed by atoms with E-state index >= 15 is 0 Å². The fourth-order valence-corrected chi connectivity index (χ4v) is 3.13. The van der Waals surface area contributed by atoms with Crippen LogP contribution in [0.3, 0.4) is 0 Å². The summed E-state index contributed by atoms with van der Waals surface area (Å²) in [7, 11) is 0. The van der Waals surface area contributed by atoms with Crippen molar-refractivity contribution in [2.45, 2.75) is 52.5 Å². The molecule has 2 rings (SSSR count). The van der Waals surface area contributed by atoms with Crippen LogP contribution in [0.25, 0.3) is 0 Å². The van der Waals surface area contributed by atoms with E-state index in [0.717, 1.165) is 5.92 Å². The molecule has 1 aromatic carbocycles. The minimum Gasteiger partial charge on any atom is -0.382 e. The summed E-state index contributed by atoms with van der Waals surface area (Å²) < 4.78 is 0. The number of piperidine rings is 1. The average molecular weight is 274 g/mol. The van der Waals surface area contributed by atoms with Gasteiger partial charge in [-0.2, -0.15) is 0 Å². The smallest absolute Gasteiger partial charge is 0.0377 e. The molecule has 0 radical (unpaired) electrons. The van der Waals surface area contributed by atoms with Crippen molar-refractivity contribution < 1.29 is 0 Å². The van der Waals surface area contributed by atoms with Crippen molar-refractivity contribution in [2.75, 3.05) is 25.0 Å². The van der Waals surface area contributed by atoms with Gasteiger partial charge < -0.3 is 10.2 Å². The summed E-state index contributed by atoms with van der Waals surface area (Å²) in [5.41, 5.74) is 2.78. The number of para-hydroxylation sites is 1. The summed E-state index contributed by atoms with van der Waals surface area (Å²) in [5.74, 6) is 1.36. The van der Waals surface area contributed by atoms with E-state index in [-0.39, 0.29) is 0 Å². The average Bonchev–Trinajstić information content (AvgIpc) is 2.41. The van der Waals surface area contributed by atoms with E-state index in [4.69, 9.17) is 0 Å². The maximum absolute atomic E-state index is 3.78. The molecule has 2 nitrogen and oxygen atoms in total. The minimum atomic E-state index is 0.583. The lowest BCUT2D eigenvalue weighted by Gasteiger charge is -2.34. The Morgan fingerprint density at radius 1 is 1.10 bits per heavy atom. The maximum atomic E-state index is 3.78. The van der Waals surface area contributed by atoms with E-state index in [1.807, 2.05) is 0 Å². The third-order valence-electron chi connectivity index (χ3n) is 4.15. The second-order valence-corrected chi connectivity index (χ2v) is 6.86. The Labute approximate surface area is 124 Å². The van der Waals surface area contributed by atoms with E-state index in [1.54, 1.807) is 0 Å². The summed E-state index contributed by atoms with van der Waals surface area (Å²) in [4.78, 5) is 2.61. The van der Waals surface area contributed by atoms with E-state index in [9.17, 15) is 0 Å². The van der Waals surface area contributed by atoms with E-state index in [0.29, 0.717) is 12.0 Å². The zero-order valence-corrected chi connectivity index (χ0v) is 13.5. The highest BCUT2D eigenvalue weighted by Crippen LogP contribution is 2.26. The lowest BCUT2D eigenvalue weighted by Crippen LogP contribution is -2.40. The lowest BCUT2D eigenvalue weighted by atomic mass is 9.98. The predicted octanol–water partition coefficient (Wildman–Crippen LogP) is 4.34. The molecule has 1 aliphatic rings. The molecular weight excluding hydrogens is 244 g/mol. The zero-order chi connectivity index (χ0) is 14.5. The largest absolute Gasteiger partial charge is 0.382 e. The lowest BCUT2D eigenvalue weighted by molar-refractivity contribution is 0.198. The summed E-state index contributed by atoms with van der Waals surface area (Å²) in [6.45, 7) is 12.9.